The molecule has 26 heavy (non-hydrogen) atoms. The first-order chi connectivity index (χ1) is 12.6. The summed E-state index contributed by atoms with van der Waals surface area (Å²) in [5.74, 6) is 0.297. The van der Waals surface area contributed by atoms with E-state index >= 15 is 0 Å². The summed E-state index contributed by atoms with van der Waals surface area (Å²) < 4.78 is 14.6. The van der Waals surface area contributed by atoms with Crippen molar-refractivity contribution < 1.29 is 4.39 Å². The molecule has 0 unspecified atom stereocenters. The van der Waals surface area contributed by atoms with Gasteiger partial charge in [-0.05, 0) is 55.8 Å². The van der Waals surface area contributed by atoms with Gasteiger partial charge in [-0.1, -0.05) is 12.1 Å². The van der Waals surface area contributed by atoms with Gasteiger partial charge >= 0.3 is 0 Å². The van der Waals surface area contributed by atoms with Crippen molar-refractivity contribution in [2.45, 2.75) is 19.4 Å². The van der Waals surface area contributed by atoms with Crippen LogP contribution in [0.4, 0.5) is 15.9 Å². The molecule has 1 fully saturated rings. The number of aryl methyl sites for hydroxylation is 1. The Labute approximate surface area is 152 Å². The molecule has 3 aromatic rings. The van der Waals surface area contributed by atoms with Crippen LogP contribution in [0, 0.1) is 12.7 Å². The number of benzene rings is 2. The minimum absolute atomic E-state index is 0.201. The molecule has 1 saturated heterocycles. The highest BCUT2D eigenvalue weighted by molar-refractivity contribution is 5.99. The molecule has 4 nitrogen and oxygen atoms in total. The summed E-state index contributed by atoms with van der Waals surface area (Å²) in [5.41, 5.74) is 9.48. The van der Waals surface area contributed by atoms with E-state index < -0.39 is 0 Å². The molecule has 1 aliphatic rings. The fourth-order valence-corrected chi connectivity index (χ4v) is 3.87. The van der Waals surface area contributed by atoms with Crippen LogP contribution >= 0.6 is 0 Å². The van der Waals surface area contributed by atoms with Gasteiger partial charge in [0.15, 0.2) is 0 Å². The largest absolute Gasteiger partial charge is 0.384 e. The number of nitrogen functional groups attached to an aromatic ring is 1. The lowest BCUT2D eigenvalue weighted by Gasteiger charge is -2.22. The highest BCUT2D eigenvalue weighted by Crippen LogP contribution is 2.37. The van der Waals surface area contributed by atoms with Crippen molar-refractivity contribution >= 4 is 22.3 Å². The fraction of sp³-hybridized carbons (Fsp3) is 0.286. The molecular weight excluding hydrogens is 327 g/mol. The number of aromatic nitrogens is 1. The van der Waals surface area contributed by atoms with Crippen molar-refractivity contribution in [3.8, 4) is 11.1 Å². The van der Waals surface area contributed by atoms with Gasteiger partial charge in [0.25, 0.3) is 0 Å². The molecule has 0 aliphatic carbocycles. The minimum Gasteiger partial charge on any atom is -0.384 e. The number of nitrogens with zero attached hydrogens (tertiary/aromatic N) is 2. The molecule has 0 bridgehead atoms. The van der Waals surface area contributed by atoms with E-state index in [0.29, 0.717) is 17.4 Å². The van der Waals surface area contributed by atoms with Gasteiger partial charge in [-0.15, -0.1) is 0 Å². The first kappa shape index (κ1) is 16.8. The second-order valence-electron chi connectivity index (χ2n) is 6.98. The van der Waals surface area contributed by atoms with E-state index in [1.807, 2.05) is 32.2 Å². The molecule has 0 spiro atoms. The number of fused-ring (bicyclic) bond motifs is 1. The van der Waals surface area contributed by atoms with Crippen molar-refractivity contribution in [3.63, 3.8) is 0 Å². The van der Waals surface area contributed by atoms with Gasteiger partial charge in [-0.3, -0.25) is 0 Å². The average Bonchev–Trinajstić information content (AvgIpc) is 3.10. The third-order valence-corrected chi connectivity index (χ3v) is 5.28. The van der Waals surface area contributed by atoms with Gasteiger partial charge in [-0.2, -0.15) is 0 Å². The zero-order valence-corrected chi connectivity index (χ0v) is 15.1. The molecule has 0 amide bonds. The SMILES string of the molecule is CN[C@H]1CCN(c2cc(-c3c(C)cccc3F)cc3cnc(N)cc23)C1. The lowest BCUT2D eigenvalue weighted by Crippen LogP contribution is -2.29. The third kappa shape index (κ3) is 2.88. The van der Waals surface area contributed by atoms with E-state index in [9.17, 15) is 4.39 Å². The van der Waals surface area contributed by atoms with Gasteiger partial charge in [0.05, 0.1) is 0 Å². The van der Waals surface area contributed by atoms with E-state index in [1.54, 1.807) is 12.3 Å². The standard InChI is InChI=1S/C21H23FN4/c1-13-4-3-5-18(22)21(13)14-8-15-11-25-20(23)10-17(15)19(9-14)26-7-6-16(12-26)24-2/h3-5,8-11,16,24H,6-7,12H2,1-2H3,(H2,23,25)/t16-/m0/s1. The molecule has 5 heteroatoms. The van der Waals surface area contributed by atoms with Gasteiger partial charge in [-0.25, -0.2) is 9.37 Å². The summed E-state index contributed by atoms with van der Waals surface area (Å²) in [4.78, 5) is 6.59. The fourth-order valence-electron chi connectivity index (χ4n) is 3.87. The van der Waals surface area contributed by atoms with E-state index in [-0.39, 0.29) is 5.82 Å². The van der Waals surface area contributed by atoms with Crippen LogP contribution in [0.2, 0.25) is 0 Å². The zero-order valence-electron chi connectivity index (χ0n) is 15.1. The molecule has 1 aromatic heterocycles. The van der Waals surface area contributed by atoms with E-state index in [0.717, 1.165) is 47.1 Å². The summed E-state index contributed by atoms with van der Waals surface area (Å²) >= 11 is 0. The Balaban J connectivity index is 1.93. The number of nitrogens with two attached hydrogens (primary N) is 1. The van der Waals surface area contributed by atoms with E-state index in [4.69, 9.17) is 5.73 Å². The van der Waals surface area contributed by atoms with Crippen LogP contribution in [-0.4, -0.2) is 31.2 Å². The smallest absolute Gasteiger partial charge is 0.131 e. The predicted octanol–water partition coefficient (Wildman–Crippen LogP) is 3.73. The molecule has 1 atom stereocenters. The van der Waals surface area contributed by atoms with E-state index in [2.05, 4.69) is 21.3 Å². The second kappa shape index (κ2) is 6.57. The van der Waals surface area contributed by atoms with Crippen molar-refractivity contribution in [2.75, 3.05) is 30.8 Å². The molecular formula is C21H23FN4. The van der Waals surface area contributed by atoms with Gasteiger partial charge in [0.2, 0.25) is 0 Å². The summed E-state index contributed by atoms with van der Waals surface area (Å²) in [7, 11) is 1.99. The number of likely N-dealkylation sites (N-methyl/N-ethyl adjacent to an activating group) is 1. The van der Waals surface area contributed by atoms with Crippen molar-refractivity contribution in [2.24, 2.45) is 0 Å². The third-order valence-electron chi connectivity index (χ3n) is 5.28. The maximum Gasteiger partial charge on any atom is 0.131 e. The van der Waals surface area contributed by atoms with Crippen molar-refractivity contribution in [1.82, 2.24) is 10.3 Å². The second-order valence-corrected chi connectivity index (χ2v) is 6.98. The maximum atomic E-state index is 14.6. The Morgan fingerprint density at radius 3 is 2.85 bits per heavy atom. The van der Waals surface area contributed by atoms with Crippen LogP contribution in [0.25, 0.3) is 21.9 Å². The Bertz CT molecular complexity index is 949. The number of halogens is 1. The van der Waals surface area contributed by atoms with Crippen molar-refractivity contribution in [3.05, 3.63) is 54.0 Å². The van der Waals surface area contributed by atoms with Gasteiger partial charge in [0.1, 0.15) is 11.6 Å². The Morgan fingerprint density at radius 1 is 1.27 bits per heavy atom. The van der Waals surface area contributed by atoms with Crippen LogP contribution in [0.3, 0.4) is 0 Å². The molecule has 1 aliphatic heterocycles. The molecule has 0 radical (unpaired) electrons. The maximum absolute atomic E-state index is 14.6. The minimum atomic E-state index is -0.201. The summed E-state index contributed by atoms with van der Waals surface area (Å²) in [6.07, 6.45) is 2.86. The lowest BCUT2D eigenvalue weighted by molar-refractivity contribution is 0.617. The number of anilines is 2. The molecule has 134 valence electrons. The first-order valence-electron chi connectivity index (χ1n) is 8.94. The normalized spacial score (nSPS) is 17.2. The van der Waals surface area contributed by atoms with Crippen molar-refractivity contribution in [1.29, 1.82) is 0 Å². The number of hydrogen-bond acceptors (Lipinski definition) is 4. The molecule has 2 aromatic carbocycles. The molecule has 0 saturated carbocycles. The molecule has 2 heterocycles. The first-order valence-corrected chi connectivity index (χ1v) is 8.94. The number of nitrogens with one attached hydrogen (secondary N) is 1. The summed E-state index contributed by atoms with van der Waals surface area (Å²) in [5, 5.41) is 5.39. The van der Waals surface area contributed by atoms with Crippen LogP contribution in [0.1, 0.15) is 12.0 Å². The van der Waals surface area contributed by atoms with Crippen LogP contribution in [-0.2, 0) is 0 Å². The Hall–Kier alpha value is -2.66. The Kier molecular flexibility index (Phi) is 4.24. The van der Waals surface area contributed by atoms with Gasteiger partial charge < -0.3 is 16.0 Å². The highest BCUT2D eigenvalue weighted by atomic mass is 19.1. The topological polar surface area (TPSA) is 54.2 Å². The summed E-state index contributed by atoms with van der Waals surface area (Å²) in [6.45, 7) is 3.83. The monoisotopic (exact) mass is 350 g/mol. The van der Waals surface area contributed by atoms with Crippen LogP contribution in [0.15, 0.2) is 42.6 Å². The van der Waals surface area contributed by atoms with Gasteiger partial charge in [0, 0.05) is 47.4 Å². The van der Waals surface area contributed by atoms with E-state index in [1.165, 1.54) is 6.07 Å². The number of pyridine rings is 1. The zero-order chi connectivity index (χ0) is 18.3. The quantitative estimate of drug-likeness (QED) is 0.756. The lowest BCUT2D eigenvalue weighted by atomic mass is 9.96. The van der Waals surface area contributed by atoms with Crippen LogP contribution < -0.4 is 16.0 Å². The summed E-state index contributed by atoms with van der Waals surface area (Å²) in [6, 6.07) is 11.7. The molecule has 3 N–H and O–H groups in total. The Morgan fingerprint density at radius 2 is 2.12 bits per heavy atom. The van der Waals surface area contributed by atoms with Crippen LogP contribution in [0.5, 0.6) is 0 Å². The highest BCUT2D eigenvalue weighted by Gasteiger charge is 2.23. The molecule has 4 rings (SSSR count). The average molecular weight is 350 g/mol. The predicted molar refractivity (Wildman–Crippen MR) is 106 cm³/mol. The number of rotatable bonds is 3. The number of hydrogen-bond donors (Lipinski definition) is 2.